The van der Waals surface area contributed by atoms with Gasteiger partial charge in [0, 0.05) is 0 Å². The van der Waals surface area contributed by atoms with E-state index in [-0.39, 0.29) is 11.1 Å². The highest BCUT2D eigenvalue weighted by Gasteiger charge is 2.29. The van der Waals surface area contributed by atoms with Gasteiger partial charge in [-0.15, -0.1) is 0 Å². The summed E-state index contributed by atoms with van der Waals surface area (Å²) in [6.07, 6.45) is -3.33. The van der Waals surface area contributed by atoms with Crippen molar-refractivity contribution in [1.29, 1.82) is 0 Å². The fourth-order valence-corrected chi connectivity index (χ4v) is 1.47. The summed E-state index contributed by atoms with van der Waals surface area (Å²) in [5.74, 6) is -1.65. The molecule has 0 aromatic heterocycles. The smallest absolute Gasteiger partial charge is 0.338 e. The molecule has 1 aromatic rings. The normalized spacial score (nSPS) is 13.6. The highest BCUT2D eigenvalue weighted by Crippen LogP contribution is 2.22. The van der Waals surface area contributed by atoms with Gasteiger partial charge < -0.3 is 19.7 Å². The van der Waals surface area contributed by atoms with E-state index in [4.69, 9.17) is 0 Å². The van der Waals surface area contributed by atoms with Crippen LogP contribution in [0.2, 0.25) is 0 Å². The van der Waals surface area contributed by atoms with Crippen LogP contribution in [0.25, 0.3) is 0 Å². The standard InChI is InChI=1S/C12H14O6/c1-17-11(15)8-6-4-3-5-7(8)9(13)10(14)12(16)18-2/h3-6,9-10,13-14H,1-2H3. The molecule has 0 saturated carbocycles. The Morgan fingerprint density at radius 3 is 2.28 bits per heavy atom. The number of esters is 2. The summed E-state index contributed by atoms with van der Waals surface area (Å²) in [6.45, 7) is 0. The van der Waals surface area contributed by atoms with Crippen molar-refractivity contribution in [2.75, 3.05) is 14.2 Å². The molecule has 6 nitrogen and oxygen atoms in total. The van der Waals surface area contributed by atoms with Gasteiger partial charge in [0.1, 0.15) is 6.10 Å². The Hall–Kier alpha value is -1.92. The molecule has 0 fully saturated rings. The molecule has 0 aliphatic heterocycles. The van der Waals surface area contributed by atoms with E-state index in [1.165, 1.54) is 19.2 Å². The summed E-state index contributed by atoms with van der Waals surface area (Å²) in [6, 6.07) is 5.99. The predicted octanol–water partition coefficient (Wildman–Crippen LogP) is 0.0405. The third-order valence-corrected chi connectivity index (χ3v) is 2.43. The van der Waals surface area contributed by atoms with Crippen molar-refractivity contribution in [3.8, 4) is 0 Å². The van der Waals surface area contributed by atoms with Crippen molar-refractivity contribution in [2.24, 2.45) is 0 Å². The minimum Gasteiger partial charge on any atom is -0.467 e. The number of rotatable bonds is 4. The van der Waals surface area contributed by atoms with Gasteiger partial charge in [-0.2, -0.15) is 0 Å². The Kier molecular flexibility index (Phi) is 4.82. The maximum Gasteiger partial charge on any atom is 0.338 e. The number of aliphatic hydroxyl groups excluding tert-OH is 2. The minimum atomic E-state index is -1.76. The largest absolute Gasteiger partial charge is 0.467 e. The van der Waals surface area contributed by atoms with E-state index in [0.717, 1.165) is 7.11 Å². The third kappa shape index (κ3) is 2.85. The molecule has 0 aliphatic carbocycles. The van der Waals surface area contributed by atoms with E-state index in [1.807, 2.05) is 0 Å². The average molecular weight is 254 g/mol. The topological polar surface area (TPSA) is 93.1 Å². The predicted molar refractivity (Wildman–Crippen MR) is 60.8 cm³/mol. The zero-order chi connectivity index (χ0) is 13.7. The second-order valence-electron chi connectivity index (χ2n) is 3.49. The molecule has 1 aromatic carbocycles. The van der Waals surface area contributed by atoms with Crippen molar-refractivity contribution >= 4 is 11.9 Å². The number of benzene rings is 1. The van der Waals surface area contributed by atoms with Crippen molar-refractivity contribution in [3.05, 3.63) is 35.4 Å². The fourth-order valence-electron chi connectivity index (χ4n) is 1.47. The van der Waals surface area contributed by atoms with Gasteiger partial charge in [0.15, 0.2) is 6.10 Å². The Labute approximate surface area is 104 Å². The Morgan fingerprint density at radius 2 is 1.72 bits per heavy atom. The Morgan fingerprint density at radius 1 is 1.11 bits per heavy atom. The highest BCUT2D eigenvalue weighted by molar-refractivity contribution is 5.91. The first kappa shape index (κ1) is 14.1. The van der Waals surface area contributed by atoms with Gasteiger partial charge in [0.2, 0.25) is 0 Å². The van der Waals surface area contributed by atoms with E-state index in [0.29, 0.717) is 0 Å². The SMILES string of the molecule is COC(=O)c1ccccc1C(O)C(O)C(=O)OC. The molecule has 0 amide bonds. The highest BCUT2D eigenvalue weighted by atomic mass is 16.5. The summed E-state index contributed by atoms with van der Waals surface area (Å²) in [4.78, 5) is 22.6. The number of hydrogen-bond donors (Lipinski definition) is 2. The summed E-state index contributed by atoms with van der Waals surface area (Å²) < 4.78 is 8.86. The first-order chi connectivity index (χ1) is 8.52. The molecule has 0 heterocycles. The lowest BCUT2D eigenvalue weighted by molar-refractivity contribution is -0.156. The maximum atomic E-state index is 11.5. The number of ether oxygens (including phenoxy) is 2. The summed E-state index contributed by atoms with van der Waals surface area (Å²) in [5, 5.41) is 19.4. The molecule has 2 N–H and O–H groups in total. The molecule has 0 bridgehead atoms. The minimum absolute atomic E-state index is 0.0791. The van der Waals surface area contributed by atoms with E-state index in [2.05, 4.69) is 9.47 Å². The lowest BCUT2D eigenvalue weighted by atomic mass is 9.98. The first-order valence-electron chi connectivity index (χ1n) is 5.14. The van der Waals surface area contributed by atoms with Gasteiger partial charge in [-0.1, -0.05) is 18.2 Å². The molecule has 2 atom stereocenters. The van der Waals surface area contributed by atoms with Gasteiger partial charge in [-0.05, 0) is 11.6 Å². The van der Waals surface area contributed by atoms with Gasteiger partial charge in [-0.3, -0.25) is 0 Å². The van der Waals surface area contributed by atoms with Crippen LogP contribution >= 0.6 is 0 Å². The lowest BCUT2D eigenvalue weighted by Gasteiger charge is -2.18. The molecule has 98 valence electrons. The van der Waals surface area contributed by atoms with Gasteiger partial charge in [-0.25, -0.2) is 9.59 Å². The van der Waals surface area contributed by atoms with Gasteiger partial charge in [0.05, 0.1) is 19.8 Å². The number of aliphatic hydroxyl groups is 2. The summed E-state index contributed by atoms with van der Waals surface area (Å²) in [5.41, 5.74) is 0.178. The number of carbonyl (C=O) groups excluding carboxylic acids is 2. The fraction of sp³-hybridized carbons (Fsp3) is 0.333. The molecule has 0 aliphatic rings. The van der Waals surface area contributed by atoms with Gasteiger partial charge in [0.25, 0.3) is 0 Å². The van der Waals surface area contributed by atoms with Crippen LogP contribution < -0.4 is 0 Å². The van der Waals surface area contributed by atoms with Crippen molar-refractivity contribution in [2.45, 2.75) is 12.2 Å². The molecule has 18 heavy (non-hydrogen) atoms. The molecule has 2 unspecified atom stereocenters. The Balaban J connectivity index is 3.09. The molecular formula is C12H14O6. The lowest BCUT2D eigenvalue weighted by Crippen LogP contribution is -2.30. The van der Waals surface area contributed by atoms with E-state index in [1.54, 1.807) is 12.1 Å². The van der Waals surface area contributed by atoms with Crippen molar-refractivity contribution < 1.29 is 29.3 Å². The maximum absolute atomic E-state index is 11.5. The van der Waals surface area contributed by atoms with Crippen LogP contribution in [0.1, 0.15) is 22.0 Å². The zero-order valence-corrected chi connectivity index (χ0v) is 9.99. The number of carbonyl (C=O) groups is 2. The van der Waals surface area contributed by atoms with Crippen LogP contribution in [-0.4, -0.2) is 42.5 Å². The number of hydrogen-bond acceptors (Lipinski definition) is 6. The second-order valence-corrected chi connectivity index (χ2v) is 3.49. The van der Waals surface area contributed by atoms with Crippen LogP contribution in [0.3, 0.4) is 0 Å². The van der Waals surface area contributed by atoms with Crippen LogP contribution in [0.5, 0.6) is 0 Å². The number of methoxy groups -OCH3 is 2. The first-order valence-corrected chi connectivity index (χ1v) is 5.14. The van der Waals surface area contributed by atoms with Gasteiger partial charge >= 0.3 is 11.9 Å². The molecule has 1 rings (SSSR count). The molecule has 0 saturated heterocycles. The molecule has 0 spiro atoms. The summed E-state index contributed by atoms with van der Waals surface area (Å²) in [7, 11) is 2.28. The average Bonchev–Trinajstić information content (AvgIpc) is 2.43. The monoisotopic (exact) mass is 254 g/mol. The van der Waals surface area contributed by atoms with Crippen LogP contribution in [-0.2, 0) is 14.3 Å². The van der Waals surface area contributed by atoms with Crippen LogP contribution in [0.15, 0.2) is 24.3 Å². The van der Waals surface area contributed by atoms with Crippen LogP contribution in [0, 0.1) is 0 Å². The molecule has 6 heteroatoms. The molecule has 0 radical (unpaired) electrons. The van der Waals surface area contributed by atoms with E-state index < -0.39 is 24.1 Å². The quantitative estimate of drug-likeness (QED) is 0.737. The summed E-state index contributed by atoms with van der Waals surface area (Å²) >= 11 is 0. The van der Waals surface area contributed by atoms with E-state index >= 15 is 0 Å². The zero-order valence-electron chi connectivity index (χ0n) is 9.99. The molecular weight excluding hydrogens is 240 g/mol. The van der Waals surface area contributed by atoms with Crippen molar-refractivity contribution in [3.63, 3.8) is 0 Å². The van der Waals surface area contributed by atoms with Crippen molar-refractivity contribution in [1.82, 2.24) is 0 Å². The Bertz CT molecular complexity index is 442. The van der Waals surface area contributed by atoms with E-state index in [9.17, 15) is 19.8 Å². The second kappa shape index (κ2) is 6.13. The third-order valence-electron chi connectivity index (χ3n) is 2.43. The van der Waals surface area contributed by atoms with Crippen LogP contribution in [0.4, 0.5) is 0 Å².